The van der Waals surface area contributed by atoms with E-state index in [-0.39, 0.29) is 17.7 Å². The summed E-state index contributed by atoms with van der Waals surface area (Å²) in [4.78, 5) is 29.9. The van der Waals surface area contributed by atoms with E-state index in [2.05, 4.69) is 56.5 Å². The standard InChI is InChI=1S/C25H30N6O.C2H4O/c1-30-9-11-31(12-10-30)20-4-2-3-17(13-20)21-7-8-23(21)25(32)29-19-5-6-22-18(16-28-26)15-27-24(22)14-19;1-2-3/h2-6,13-16,21,23,27H,7-12,26H2,1H3,(H,29,32);2H,1H3/b28-16-;. The number of H-pyrrole nitrogens is 1. The molecule has 0 bridgehead atoms. The molecule has 1 aromatic heterocycles. The highest BCUT2D eigenvalue weighted by Gasteiger charge is 2.37. The van der Waals surface area contributed by atoms with Gasteiger partial charge in [-0.3, -0.25) is 4.79 Å². The van der Waals surface area contributed by atoms with Crippen molar-refractivity contribution in [3.63, 3.8) is 0 Å². The first-order valence-electron chi connectivity index (χ1n) is 12.1. The van der Waals surface area contributed by atoms with Gasteiger partial charge in [0.2, 0.25) is 5.91 Å². The number of hydrogen-bond acceptors (Lipinski definition) is 6. The number of anilines is 2. The van der Waals surface area contributed by atoms with Gasteiger partial charge in [0.15, 0.2) is 0 Å². The molecular formula is C27H34N6O2. The highest BCUT2D eigenvalue weighted by atomic mass is 16.2. The number of amides is 1. The smallest absolute Gasteiger partial charge is 0.228 e. The van der Waals surface area contributed by atoms with Crippen LogP contribution in [0.1, 0.15) is 36.8 Å². The molecule has 35 heavy (non-hydrogen) atoms. The topological polar surface area (TPSA) is 107 Å². The molecular weight excluding hydrogens is 440 g/mol. The van der Waals surface area contributed by atoms with Crippen molar-refractivity contribution in [3.8, 4) is 0 Å². The van der Waals surface area contributed by atoms with E-state index >= 15 is 0 Å². The quantitative estimate of drug-likeness (QED) is 0.227. The van der Waals surface area contributed by atoms with Crippen molar-refractivity contribution in [1.29, 1.82) is 0 Å². The third kappa shape index (κ3) is 5.54. The molecule has 8 heteroatoms. The van der Waals surface area contributed by atoms with E-state index in [1.807, 2.05) is 24.4 Å². The number of carbonyl (C=O) groups excluding carboxylic acids is 2. The van der Waals surface area contributed by atoms with Crippen molar-refractivity contribution in [1.82, 2.24) is 9.88 Å². The van der Waals surface area contributed by atoms with E-state index in [1.165, 1.54) is 18.2 Å². The Labute approximate surface area is 206 Å². The summed E-state index contributed by atoms with van der Waals surface area (Å²) >= 11 is 0. The van der Waals surface area contributed by atoms with Crippen LogP contribution in [0.2, 0.25) is 0 Å². The number of nitrogens with one attached hydrogen (secondary N) is 2. The minimum absolute atomic E-state index is 0.0111. The lowest BCUT2D eigenvalue weighted by Gasteiger charge is -2.37. The lowest BCUT2D eigenvalue weighted by Crippen LogP contribution is -2.44. The molecule has 0 radical (unpaired) electrons. The number of hydrogen-bond donors (Lipinski definition) is 3. The molecule has 2 aliphatic rings. The minimum Gasteiger partial charge on any atom is -0.369 e. The maximum absolute atomic E-state index is 13.1. The normalized spacial score (nSPS) is 20.2. The Morgan fingerprint density at radius 1 is 1.14 bits per heavy atom. The highest BCUT2D eigenvalue weighted by Crippen LogP contribution is 2.44. The van der Waals surface area contributed by atoms with Gasteiger partial charge in [-0.15, -0.1) is 0 Å². The fraction of sp³-hybridized carbons (Fsp3) is 0.370. The lowest BCUT2D eigenvalue weighted by atomic mass is 9.69. The van der Waals surface area contributed by atoms with Crippen LogP contribution in [0.3, 0.4) is 0 Å². The number of rotatable bonds is 5. The molecule has 4 N–H and O–H groups in total. The average molecular weight is 475 g/mol. The number of aldehydes is 1. The second kappa shape index (κ2) is 11.2. The van der Waals surface area contributed by atoms with Gasteiger partial charge in [0.1, 0.15) is 6.29 Å². The Kier molecular flexibility index (Phi) is 7.82. The molecule has 2 atom stereocenters. The average Bonchev–Trinajstić information content (AvgIpc) is 3.22. The number of aromatic amines is 1. The van der Waals surface area contributed by atoms with Crippen LogP contribution in [0.25, 0.3) is 10.9 Å². The number of nitrogens with two attached hydrogens (primary N) is 1. The van der Waals surface area contributed by atoms with Gasteiger partial charge in [-0.2, -0.15) is 5.10 Å². The number of carbonyl (C=O) groups is 2. The summed E-state index contributed by atoms with van der Waals surface area (Å²) in [5.41, 5.74) is 5.23. The molecule has 1 aliphatic heterocycles. The van der Waals surface area contributed by atoms with Crippen molar-refractivity contribution in [2.24, 2.45) is 16.9 Å². The number of aromatic nitrogens is 1. The monoisotopic (exact) mass is 474 g/mol. The Balaban J connectivity index is 0.000000917. The zero-order valence-corrected chi connectivity index (χ0v) is 20.4. The number of fused-ring (bicyclic) bond motifs is 1. The first-order valence-corrected chi connectivity index (χ1v) is 12.1. The summed E-state index contributed by atoms with van der Waals surface area (Å²) < 4.78 is 0. The van der Waals surface area contributed by atoms with E-state index < -0.39 is 0 Å². The molecule has 2 unspecified atom stereocenters. The van der Waals surface area contributed by atoms with Gasteiger partial charge in [0, 0.05) is 66.1 Å². The van der Waals surface area contributed by atoms with E-state index in [4.69, 9.17) is 10.6 Å². The molecule has 3 aromatic rings. The van der Waals surface area contributed by atoms with Crippen LogP contribution in [-0.4, -0.2) is 61.5 Å². The number of nitrogens with zero attached hydrogens (tertiary/aromatic N) is 3. The van der Waals surface area contributed by atoms with Crippen molar-refractivity contribution in [3.05, 3.63) is 59.8 Å². The molecule has 1 amide bonds. The van der Waals surface area contributed by atoms with Gasteiger partial charge in [-0.25, -0.2) is 0 Å². The van der Waals surface area contributed by atoms with Crippen molar-refractivity contribution >= 4 is 40.7 Å². The summed E-state index contributed by atoms with van der Waals surface area (Å²) in [5, 5.41) is 7.75. The van der Waals surface area contributed by atoms with E-state index in [0.717, 1.165) is 67.5 Å². The predicted molar refractivity (Wildman–Crippen MR) is 142 cm³/mol. The Bertz CT molecular complexity index is 1200. The van der Waals surface area contributed by atoms with Gasteiger partial charge in [-0.1, -0.05) is 18.2 Å². The Morgan fingerprint density at radius 3 is 2.60 bits per heavy atom. The molecule has 1 aliphatic carbocycles. The van der Waals surface area contributed by atoms with Gasteiger partial charge in [0.25, 0.3) is 0 Å². The summed E-state index contributed by atoms with van der Waals surface area (Å²) in [6.45, 7) is 5.72. The number of benzene rings is 2. The zero-order valence-electron chi connectivity index (χ0n) is 20.4. The zero-order chi connectivity index (χ0) is 24.8. The first kappa shape index (κ1) is 24.5. The molecule has 5 rings (SSSR count). The van der Waals surface area contributed by atoms with E-state index in [9.17, 15) is 4.79 Å². The van der Waals surface area contributed by atoms with Crippen molar-refractivity contribution < 1.29 is 9.59 Å². The van der Waals surface area contributed by atoms with Gasteiger partial charge >= 0.3 is 0 Å². The lowest BCUT2D eigenvalue weighted by molar-refractivity contribution is -0.123. The largest absolute Gasteiger partial charge is 0.369 e. The molecule has 1 saturated carbocycles. The predicted octanol–water partition coefficient (Wildman–Crippen LogP) is 3.55. The van der Waals surface area contributed by atoms with Gasteiger partial charge < -0.3 is 30.7 Å². The van der Waals surface area contributed by atoms with Crippen LogP contribution in [0.15, 0.2) is 53.8 Å². The second-order valence-corrected chi connectivity index (χ2v) is 9.18. The Morgan fingerprint density at radius 2 is 1.91 bits per heavy atom. The fourth-order valence-electron chi connectivity index (χ4n) is 4.88. The maximum Gasteiger partial charge on any atom is 0.228 e. The third-order valence-electron chi connectivity index (χ3n) is 6.97. The SMILES string of the molecule is CC=O.CN1CCN(c2cccc(C3CCC3C(=O)Nc3ccc4c(/C=N\N)c[nH]c4c3)c2)CC1. The number of hydrazone groups is 1. The summed E-state index contributed by atoms with van der Waals surface area (Å²) in [6, 6.07) is 14.7. The second-order valence-electron chi connectivity index (χ2n) is 9.18. The molecule has 2 aromatic carbocycles. The van der Waals surface area contributed by atoms with Crippen LogP contribution in [0, 0.1) is 5.92 Å². The van der Waals surface area contributed by atoms with Gasteiger partial charge in [0.05, 0.1) is 6.21 Å². The van der Waals surface area contributed by atoms with Crippen LogP contribution < -0.4 is 16.1 Å². The molecule has 8 nitrogen and oxygen atoms in total. The maximum atomic E-state index is 13.1. The highest BCUT2D eigenvalue weighted by molar-refractivity contribution is 6.01. The Hall–Kier alpha value is -3.65. The number of piperazine rings is 1. The van der Waals surface area contributed by atoms with Gasteiger partial charge in [-0.05, 0) is 62.6 Å². The number of likely N-dealkylation sites (N-methyl/N-ethyl adjacent to an activating group) is 1. The van der Waals surface area contributed by atoms with Crippen LogP contribution in [0.5, 0.6) is 0 Å². The molecule has 184 valence electrons. The van der Waals surface area contributed by atoms with E-state index in [1.54, 1.807) is 6.21 Å². The molecule has 0 spiro atoms. The van der Waals surface area contributed by atoms with E-state index in [0.29, 0.717) is 0 Å². The molecule has 2 heterocycles. The van der Waals surface area contributed by atoms with Crippen LogP contribution >= 0.6 is 0 Å². The summed E-state index contributed by atoms with van der Waals surface area (Å²) in [7, 11) is 2.17. The molecule has 2 fully saturated rings. The van der Waals surface area contributed by atoms with Crippen molar-refractivity contribution in [2.45, 2.75) is 25.7 Å². The fourth-order valence-corrected chi connectivity index (χ4v) is 4.88. The summed E-state index contributed by atoms with van der Waals surface area (Å²) in [6.07, 6.45) is 6.22. The first-order chi connectivity index (χ1) is 17.0. The molecule has 1 saturated heterocycles. The van der Waals surface area contributed by atoms with Crippen molar-refractivity contribution in [2.75, 3.05) is 43.4 Å². The summed E-state index contributed by atoms with van der Waals surface area (Å²) in [5.74, 6) is 5.66. The van der Waals surface area contributed by atoms with Crippen LogP contribution in [0.4, 0.5) is 11.4 Å². The third-order valence-corrected chi connectivity index (χ3v) is 6.97. The van der Waals surface area contributed by atoms with Crippen LogP contribution in [-0.2, 0) is 9.59 Å². The minimum atomic E-state index is 0.0111.